The van der Waals surface area contributed by atoms with Crippen LogP contribution in [0.3, 0.4) is 0 Å². The smallest absolute Gasteiger partial charge is 0.261 e. The van der Waals surface area contributed by atoms with E-state index in [4.69, 9.17) is 9.47 Å². The van der Waals surface area contributed by atoms with Crippen molar-refractivity contribution in [2.75, 3.05) is 13.7 Å². The summed E-state index contributed by atoms with van der Waals surface area (Å²) in [5.41, 5.74) is 1.85. The second kappa shape index (κ2) is 11.4. The molecule has 0 bridgehead atoms. The Kier molecular flexibility index (Phi) is 8.59. The van der Waals surface area contributed by atoms with Gasteiger partial charge in [-0.25, -0.2) is 0 Å². The van der Waals surface area contributed by atoms with E-state index in [1.165, 1.54) is 0 Å². The van der Waals surface area contributed by atoms with Gasteiger partial charge in [0.15, 0.2) is 6.61 Å². The number of rotatable bonds is 9. The van der Waals surface area contributed by atoms with Crippen molar-refractivity contribution in [2.24, 2.45) is 0 Å². The molecule has 0 unspecified atom stereocenters. The zero-order valence-corrected chi connectivity index (χ0v) is 21.1. The monoisotopic (exact) mass is 466 g/mol. The number of benzene rings is 2. The number of hydrogen-bond acceptors (Lipinski definition) is 4. The Hall–Kier alpha value is -3.02. The van der Waals surface area contributed by atoms with Gasteiger partial charge in [-0.2, -0.15) is 0 Å². The maximum atomic E-state index is 13.4. The minimum absolute atomic E-state index is 0.114. The molecule has 1 atom stereocenters. The summed E-state index contributed by atoms with van der Waals surface area (Å²) in [6.45, 7) is 8.30. The Labute approximate surface area is 203 Å². The molecule has 0 saturated heterocycles. The van der Waals surface area contributed by atoms with Crippen molar-refractivity contribution >= 4 is 11.8 Å². The van der Waals surface area contributed by atoms with Gasteiger partial charge in [-0.3, -0.25) is 9.59 Å². The predicted octanol–water partition coefficient (Wildman–Crippen LogP) is 4.85. The van der Waals surface area contributed by atoms with Crippen molar-refractivity contribution in [3.63, 3.8) is 0 Å². The molecule has 34 heavy (non-hydrogen) atoms. The number of hydrogen-bond donors (Lipinski definition) is 1. The second-order valence-electron chi connectivity index (χ2n) is 10.1. The molecule has 2 amide bonds. The largest absolute Gasteiger partial charge is 0.497 e. The lowest BCUT2D eigenvalue weighted by atomic mass is 9.86. The Morgan fingerprint density at radius 2 is 1.71 bits per heavy atom. The van der Waals surface area contributed by atoms with E-state index >= 15 is 0 Å². The Morgan fingerprint density at radius 1 is 1.06 bits per heavy atom. The highest BCUT2D eigenvalue weighted by atomic mass is 16.5. The molecular formula is C28H38N2O4. The molecule has 0 radical (unpaired) electrons. The van der Waals surface area contributed by atoms with Crippen LogP contribution in [0.5, 0.6) is 11.5 Å². The molecule has 1 aliphatic carbocycles. The van der Waals surface area contributed by atoms with Crippen molar-refractivity contribution in [1.82, 2.24) is 10.2 Å². The van der Waals surface area contributed by atoms with Crippen LogP contribution in [0.2, 0.25) is 0 Å². The molecule has 1 fully saturated rings. The number of nitrogens with zero attached hydrogens (tertiary/aromatic N) is 1. The maximum absolute atomic E-state index is 13.4. The summed E-state index contributed by atoms with van der Waals surface area (Å²) < 4.78 is 11.2. The van der Waals surface area contributed by atoms with Crippen LogP contribution >= 0.6 is 0 Å². The topological polar surface area (TPSA) is 67.9 Å². The quantitative estimate of drug-likeness (QED) is 0.574. The molecule has 0 heterocycles. The highest BCUT2D eigenvalue weighted by molar-refractivity contribution is 5.88. The fourth-order valence-electron chi connectivity index (χ4n) is 4.34. The molecule has 6 nitrogen and oxygen atoms in total. The first-order valence-electron chi connectivity index (χ1n) is 12.1. The van der Waals surface area contributed by atoms with Crippen LogP contribution < -0.4 is 14.8 Å². The van der Waals surface area contributed by atoms with E-state index in [-0.39, 0.29) is 29.9 Å². The zero-order chi connectivity index (χ0) is 24.7. The number of ether oxygens (including phenoxy) is 2. The zero-order valence-electron chi connectivity index (χ0n) is 21.1. The third kappa shape index (κ3) is 6.75. The summed E-state index contributed by atoms with van der Waals surface area (Å²) in [5, 5.41) is 3.13. The van der Waals surface area contributed by atoms with Crippen LogP contribution in [0, 0.1) is 0 Å². The van der Waals surface area contributed by atoms with Crippen molar-refractivity contribution < 1.29 is 19.1 Å². The van der Waals surface area contributed by atoms with Crippen molar-refractivity contribution in [3.05, 3.63) is 59.7 Å². The van der Waals surface area contributed by atoms with E-state index in [1.54, 1.807) is 18.9 Å². The molecule has 3 rings (SSSR count). The number of amides is 2. The van der Waals surface area contributed by atoms with Gasteiger partial charge in [-0.05, 0) is 54.5 Å². The molecule has 184 valence electrons. The molecule has 1 N–H and O–H groups in total. The van der Waals surface area contributed by atoms with Crippen LogP contribution in [-0.4, -0.2) is 42.5 Å². The molecule has 0 aliphatic heterocycles. The Morgan fingerprint density at radius 3 is 2.32 bits per heavy atom. The standard InChI is InChI=1S/C28H38N2O4/c1-20(27(32)29-22-10-6-7-11-22)30(18-21-14-16-23(33-5)17-15-21)26(31)19-34-25-13-9-8-12-24(25)28(2,3)4/h8-9,12-17,20,22H,6-7,10-11,18-19H2,1-5H3,(H,29,32)/t20-/m1/s1. The van der Waals surface area contributed by atoms with Crippen molar-refractivity contribution in [3.8, 4) is 11.5 Å². The fourth-order valence-corrected chi connectivity index (χ4v) is 4.34. The first-order valence-corrected chi connectivity index (χ1v) is 12.1. The van der Waals surface area contributed by atoms with Crippen LogP contribution in [0.25, 0.3) is 0 Å². The van der Waals surface area contributed by atoms with E-state index in [2.05, 4.69) is 26.1 Å². The number of para-hydroxylation sites is 1. The summed E-state index contributed by atoms with van der Waals surface area (Å²) in [4.78, 5) is 28.0. The van der Waals surface area contributed by atoms with Crippen LogP contribution in [0.4, 0.5) is 0 Å². The summed E-state index contributed by atoms with van der Waals surface area (Å²) in [5.74, 6) is 1.09. The molecule has 0 spiro atoms. The number of carbonyl (C=O) groups is 2. The lowest BCUT2D eigenvalue weighted by Gasteiger charge is -2.30. The SMILES string of the molecule is COc1ccc(CN(C(=O)COc2ccccc2C(C)(C)C)[C@H](C)C(=O)NC2CCCC2)cc1. The summed E-state index contributed by atoms with van der Waals surface area (Å²) in [7, 11) is 1.62. The van der Waals surface area contributed by atoms with E-state index < -0.39 is 6.04 Å². The average Bonchev–Trinajstić information content (AvgIpc) is 3.33. The number of carbonyl (C=O) groups excluding carboxylic acids is 2. The minimum Gasteiger partial charge on any atom is -0.497 e. The second-order valence-corrected chi connectivity index (χ2v) is 10.1. The lowest BCUT2D eigenvalue weighted by molar-refractivity contribution is -0.142. The molecule has 2 aromatic carbocycles. The third-order valence-corrected chi connectivity index (χ3v) is 6.43. The third-order valence-electron chi connectivity index (χ3n) is 6.43. The molecule has 0 aromatic heterocycles. The lowest BCUT2D eigenvalue weighted by Crippen LogP contribution is -2.50. The van der Waals surface area contributed by atoms with Crippen LogP contribution in [0.1, 0.15) is 64.5 Å². The van der Waals surface area contributed by atoms with Gasteiger partial charge in [-0.15, -0.1) is 0 Å². The normalized spacial score (nSPS) is 15.0. The Balaban J connectivity index is 1.76. The molecule has 6 heteroatoms. The van der Waals surface area contributed by atoms with E-state index in [9.17, 15) is 9.59 Å². The number of nitrogens with one attached hydrogen (secondary N) is 1. The van der Waals surface area contributed by atoms with E-state index in [0.29, 0.717) is 12.3 Å². The van der Waals surface area contributed by atoms with Gasteiger partial charge in [0, 0.05) is 12.6 Å². The minimum atomic E-state index is -0.614. The maximum Gasteiger partial charge on any atom is 0.261 e. The van der Waals surface area contributed by atoms with Crippen molar-refractivity contribution in [2.45, 2.75) is 77.4 Å². The summed E-state index contributed by atoms with van der Waals surface area (Å²) in [6.07, 6.45) is 4.26. The van der Waals surface area contributed by atoms with Gasteiger partial charge in [-0.1, -0.05) is 63.9 Å². The highest BCUT2D eigenvalue weighted by Gasteiger charge is 2.29. The van der Waals surface area contributed by atoms with Crippen LogP contribution in [0.15, 0.2) is 48.5 Å². The van der Waals surface area contributed by atoms with E-state index in [0.717, 1.165) is 42.6 Å². The average molecular weight is 467 g/mol. The van der Waals surface area contributed by atoms with Crippen molar-refractivity contribution in [1.29, 1.82) is 0 Å². The number of methoxy groups -OCH3 is 1. The summed E-state index contributed by atoms with van der Waals surface area (Å²) >= 11 is 0. The first kappa shape index (κ1) is 25.6. The molecule has 2 aromatic rings. The van der Waals surface area contributed by atoms with Gasteiger partial charge in [0.25, 0.3) is 5.91 Å². The van der Waals surface area contributed by atoms with Crippen LogP contribution in [-0.2, 0) is 21.5 Å². The Bertz CT molecular complexity index is 959. The molecular weight excluding hydrogens is 428 g/mol. The van der Waals surface area contributed by atoms with Gasteiger partial charge in [0.05, 0.1) is 7.11 Å². The summed E-state index contributed by atoms with van der Waals surface area (Å²) in [6, 6.07) is 14.9. The van der Waals surface area contributed by atoms with Gasteiger partial charge in [0.1, 0.15) is 17.5 Å². The molecule has 1 saturated carbocycles. The highest BCUT2D eigenvalue weighted by Crippen LogP contribution is 2.31. The fraction of sp³-hybridized carbons (Fsp3) is 0.500. The molecule has 1 aliphatic rings. The predicted molar refractivity (Wildman–Crippen MR) is 134 cm³/mol. The van der Waals surface area contributed by atoms with Gasteiger partial charge >= 0.3 is 0 Å². The van der Waals surface area contributed by atoms with Gasteiger partial charge < -0.3 is 19.7 Å². The van der Waals surface area contributed by atoms with Gasteiger partial charge in [0.2, 0.25) is 5.91 Å². The van der Waals surface area contributed by atoms with E-state index in [1.807, 2.05) is 48.5 Å². The first-order chi connectivity index (χ1) is 16.2.